The molecular weight excluding hydrogens is 382 g/mol. The number of ether oxygens (including phenoxy) is 3. The van der Waals surface area contributed by atoms with Gasteiger partial charge in [0.15, 0.2) is 11.5 Å². The van der Waals surface area contributed by atoms with Gasteiger partial charge in [-0.15, -0.1) is 0 Å². The van der Waals surface area contributed by atoms with Crippen molar-refractivity contribution in [3.8, 4) is 28.6 Å². The highest BCUT2D eigenvalue weighted by atomic mass is 16.5. The summed E-state index contributed by atoms with van der Waals surface area (Å²) < 4.78 is 16.7. The molecule has 1 aliphatic heterocycles. The van der Waals surface area contributed by atoms with Gasteiger partial charge in [0.1, 0.15) is 6.33 Å². The molecule has 0 radical (unpaired) electrons. The number of aromatic nitrogens is 2. The second-order valence-electron chi connectivity index (χ2n) is 6.92. The van der Waals surface area contributed by atoms with Gasteiger partial charge >= 0.3 is 0 Å². The van der Waals surface area contributed by atoms with Crippen molar-refractivity contribution in [1.82, 2.24) is 15.3 Å². The number of benzene rings is 2. The Hall–Kier alpha value is -3.45. The summed E-state index contributed by atoms with van der Waals surface area (Å²) >= 11 is 0. The predicted molar refractivity (Wildman–Crippen MR) is 112 cm³/mol. The number of nitrogens with one attached hydrogen (secondary N) is 1. The van der Waals surface area contributed by atoms with Crippen LogP contribution in [-0.4, -0.2) is 42.2 Å². The Morgan fingerprint density at radius 1 is 1.13 bits per heavy atom. The second kappa shape index (κ2) is 9.37. The quantitative estimate of drug-likeness (QED) is 0.643. The molecule has 1 aliphatic rings. The lowest BCUT2D eigenvalue weighted by Crippen LogP contribution is -2.31. The summed E-state index contributed by atoms with van der Waals surface area (Å²) in [5, 5.41) is 2.94. The van der Waals surface area contributed by atoms with E-state index in [4.69, 9.17) is 14.2 Å². The smallest absolute Gasteiger partial charge is 0.251 e. The van der Waals surface area contributed by atoms with Gasteiger partial charge in [-0.25, -0.2) is 9.97 Å². The molecule has 2 aromatic carbocycles. The van der Waals surface area contributed by atoms with Crippen LogP contribution in [0.4, 0.5) is 0 Å². The fraction of sp³-hybridized carbons (Fsp3) is 0.261. The Balaban J connectivity index is 1.49. The summed E-state index contributed by atoms with van der Waals surface area (Å²) in [6.45, 7) is 1.29. The Morgan fingerprint density at radius 2 is 2.00 bits per heavy atom. The molecule has 2 heterocycles. The molecule has 0 unspecified atom stereocenters. The molecule has 1 atom stereocenters. The molecule has 7 heteroatoms. The number of carbonyl (C=O) groups excluding carboxylic acids is 1. The molecule has 3 aromatic rings. The number of carbonyl (C=O) groups is 1. The standard InChI is InChI=1S/C23H23N3O4/c1-28-20-9-2-3-10-21(20)30-22-13-19(25-15-26-22)16-6-4-7-17(12-16)23(27)24-14-18-8-5-11-29-18/h2-4,6-7,9-10,12-13,15,18H,5,8,11,14H2,1H3,(H,24,27)/t18-/m0/s1. The van der Waals surface area contributed by atoms with Crippen molar-refractivity contribution in [2.45, 2.75) is 18.9 Å². The van der Waals surface area contributed by atoms with Gasteiger partial charge in [-0.3, -0.25) is 4.79 Å². The van der Waals surface area contributed by atoms with E-state index < -0.39 is 0 Å². The van der Waals surface area contributed by atoms with Crippen LogP contribution in [0.1, 0.15) is 23.2 Å². The Labute approximate surface area is 175 Å². The highest BCUT2D eigenvalue weighted by Crippen LogP contribution is 2.31. The van der Waals surface area contributed by atoms with Gasteiger partial charge in [0, 0.05) is 30.3 Å². The third-order valence-electron chi connectivity index (χ3n) is 4.86. The third-order valence-corrected chi connectivity index (χ3v) is 4.86. The van der Waals surface area contributed by atoms with Gasteiger partial charge in [0.25, 0.3) is 5.91 Å². The molecule has 1 saturated heterocycles. The molecule has 4 rings (SSSR count). The van der Waals surface area contributed by atoms with Crippen LogP contribution in [-0.2, 0) is 4.74 Å². The van der Waals surface area contributed by atoms with Crippen LogP contribution in [0, 0.1) is 0 Å². The maximum Gasteiger partial charge on any atom is 0.251 e. The van der Waals surface area contributed by atoms with E-state index in [1.807, 2.05) is 30.3 Å². The van der Waals surface area contributed by atoms with Crippen LogP contribution in [0.5, 0.6) is 17.4 Å². The van der Waals surface area contributed by atoms with Gasteiger partial charge in [-0.05, 0) is 37.1 Å². The summed E-state index contributed by atoms with van der Waals surface area (Å²) in [7, 11) is 1.59. The number of nitrogens with zero attached hydrogens (tertiary/aromatic N) is 2. The first-order chi connectivity index (χ1) is 14.7. The van der Waals surface area contributed by atoms with Crippen LogP contribution in [0.2, 0.25) is 0 Å². The average molecular weight is 405 g/mol. The average Bonchev–Trinajstić information content (AvgIpc) is 3.32. The number of amides is 1. The fourth-order valence-corrected chi connectivity index (χ4v) is 3.30. The molecule has 1 fully saturated rings. The van der Waals surface area contributed by atoms with E-state index >= 15 is 0 Å². The summed E-state index contributed by atoms with van der Waals surface area (Å²) in [6, 6.07) is 16.4. The fourth-order valence-electron chi connectivity index (χ4n) is 3.30. The van der Waals surface area contributed by atoms with E-state index in [2.05, 4.69) is 15.3 Å². The van der Waals surface area contributed by atoms with Crippen molar-refractivity contribution >= 4 is 5.91 Å². The van der Waals surface area contributed by atoms with Crippen LogP contribution in [0.3, 0.4) is 0 Å². The minimum absolute atomic E-state index is 0.105. The normalized spacial score (nSPS) is 15.6. The predicted octanol–water partition coefficient (Wildman–Crippen LogP) is 3.85. The molecule has 30 heavy (non-hydrogen) atoms. The highest BCUT2D eigenvalue weighted by Gasteiger charge is 2.17. The van der Waals surface area contributed by atoms with Gasteiger partial charge in [-0.1, -0.05) is 24.3 Å². The number of methoxy groups -OCH3 is 1. The number of para-hydroxylation sites is 2. The Bertz CT molecular complexity index is 1020. The Morgan fingerprint density at radius 3 is 2.80 bits per heavy atom. The summed E-state index contributed by atoms with van der Waals surface area (Å²) in [6.07, 6.45) is 3.57. The number of hydrogen-bond acceptors (Lipinski definition) is 6. The minimum atomic E-state index is -0.132. The van der Waals surface area contributed by atoms with Crippen molar-refractivity contribution < 1.29 is 19.0 Å². The van der Waals surface area contributed by atoms with Crippen molar-refractivity contribution in [1.29, 1.82) is 0 Å². The molecule has 1 amide bonds. The van der Waals surface area contributed by atoms with Gasteiger partial charge in [-0.2, -0.15) is 0 Å². The Kier molecular flexibility index (Phi) is 6.20. The lowest BCUT2D eigenvalue weighted by molar-refractivity contribution is 0.0858. The number of rotatable bonds is 7. The second-order valence-corrected chi connectivity index (χ2v) is 6.92. The first kappa shape index (κ1) is 19.8. The first-order valence-electron chi connectivity index (χ1n) is 9.86. The van der Waals surface area contributed by atoms with Crippen molar-refractivity contribution in [2.24, 2.45) is 0 Å². The van der Waals surface area contributed by atoms with Crippen LogP contribution >= 0.6 is 0 Å². The molecule has 7 nitrogen and oxygen atoms in total. The zero-order chi connectivity index (χ0) is 20.8. The summed E-state index contributed by atoms with van der Waals surface area (Å²) in [5.41, 5.74) is 2.02. The lowest BCUT2D eigenvalue weighted by atomic mass is 10.1. The van der Waals surface area contributed by atoms with Gasteiger partial charge in [0.2, 0.25) is 5.88 Å². The maximum atomic E-state index is 12.5. The molecule has 1 N–H and O–H groups in total. The molecule has 0 spiro atoms. The molecular formula is C23H23N3O4. The molecule has 1 aromatic heterocycles. The SMILES string of the molecule is COc1ccccc1Oc1cc(-c2cccc(C(=O)NC[C@@H]3CCCO3)c2)ncn1. The zero-order valence-corrected chi connectivity index (χ0v) is 16.7. The van der Waals surface area contributed by atoms with E-state index in [1.54, 1.807) is 31.4 Å². The van der Waals surface area contributed by atoms with E-state index in [9.17, 15) is 4.79 Å². The van der Waals surface area contributed by atoms with Crippen LogP contribution in [0.15, 0.2) is 60.9 Å². The topological polar surface area (TPSA) is 82.6 Å². The largest absolute Gasteiger partial charge is 0.493 e. The highest BCUT2D eigenvalue weighted by molar-refractivity contribution is 5.95. The lowest BCUT2D eigenvalue weighted by Gasteiger charge is -2.12. The first-order valence-corrected chi connectivity index (χ1v) is 9.86. The molecule has 0 bridgehead atoms. The van der Waals surface area contributed by atoms with Gasteiger partial charge in [0.05, 0.1) is 18.9 Å². The molecule has 0 aliphatic carbocycles. The third kappa shape index (κ3) is 4.75. The van der Waals surface area contributed by atoms with Gasteiger partial charge < -0.3 is 19.5 Å². The zero-order valence-electron chi connectivity index (χ0n) is 16.7. The van der Waals surface area contributed by atoms with Crippen molar-refractivity contribution in [3.63, 3.8) is 0 Å². The van der Waals surface area contributed by atoms with E-state index in [0.717, 1.165) is 25.0 Å². The van der Waals surface area contributed by atoms with Crippen LogP contribution in [0.25, 0.3) is 11.3 Å². The van der Waals surface area contributed by atoms with E-state index in [-0.39, 0.29) is 12.0 Å². The minimum Gasteiger partial charge on any atom is -0.493 e. The summed E-state index contributed by atoms with van der Waals surface area (Å²) in [5.74, 6) is 1.43. The van der Waals surface area contributed by atoms with Crippen molar-refractivity contribution in [3.05, 3.63) is 66.5 Å². The summed E-state index contributed by atoms with van der Waals surface area (Å²) in [4.78, 5) is 21.0. The maximum absolute atomic E-state index is 12.5. The van der Waals surface area contributed by atoms with Crippen LogP contribution < -0.4 is 14.8 Å². The van der Waals surface area contributed by atoms with E-state index in [1.165, 1.54) is 6.33 Å². The van der Waals surface area contributed by atoms with Crippen molar-refractivity contribution in [2.75, 3.05) is 20.3 Å². The molecule has 154 valence electrons. The van der Waals surface area contributed by atoms with E-state index in [0.29, 0.717) is 35.2 Å². The monoisotopic (exact) mass is 405 g/mol. The molecule has 0 saturated carbocycles. The number of hydrogen-bond donors (Lipinski definition) is 1.